The lowest BCUT2D eigenvalue weighted by atomic mass is 10.2. The van der Waals surface area contributed by atoms with Gasteiger partial charge in [-0.15, -0.1) is 0 Å². The van der Waals surface area contributed by atoms with Gasteiger partial charge in [0.25, 0.3) is 5.91 Å². The molecule has 0 aliphatic heterocycles. The summed E-state index contributed by atoms with van der Waals surface area (Å²) in [6.45, 7) is 0.554. The molecule has 0 radical (unpaired) electrons. The molecule has 98 valence electrons. The summed E-state index contributed by atoms with van der Waals surface area (Å²) in [6.07, 6.45) is 1.53. The van der Waals surface area contributed by atoms with Gasteiger partial charge in [0.05, 0.1) is 11.9 Å². The van der Waals surface area contributed by atoms with E-state index < -0.39 is 0 Å². The number of nitrogens with one attached hydrogen (secondary N) is 1. The molecule has 1 aromatic carbocycles. The van der Waals surface area contributed by atoms with Crippen molar-refractivity contribution in [1.29, 1.82) is 0 Å². The summed E-state index contributed by atoms with van der Waals surface area (Å²) in [7, 11) is 1.76. The Bertz CT molecular complexity index is 539. The average molecular weight is 256 g/mol. The molecule has 0 unspecified atom stereocenters. The molecular formula is C14H16N4O. The Morgan fingerprint density at radius 2 is 2.00 bits per heavy atom. The maximum Gasteiger partial charge on any atom is 0.272 e. The van der Waals surface area contributed by atoms with Crippen LogP contribution in [0.2, 0.25) is 0 Å². The fourth-order valence-corrected chi connectivity index (χ4v) is 1.73. The number of pyridine rings is 1. The Hall–Kier alpha value is -2.40. The standard InChI is InChI=1S/C14H16N4O/c1-18(10-11-5-3-2-4-6-11)14(19)13-8-7-12(17-15)9-16-13/h2-9,17H,10,15H2,1H3. The van der Waals surface area contributed by atoms with Gasteiger partial charge in [-0.1, -0.05) is 30.3 Å². The molecule has 19 heavy (non-hydrogen) atoms. The van der Waals surface area contributed by atoms with Gasteiger partial charge in [0.15, 0.2) is 0 Å². The first-order valence-electron chi connectivity index (χ1n) is 5.93. The van der Waals surface area contributed by atoms with E-state index >= 15 is 0 Å². The first kappa shape index (κ1) is 13.0. The van der Waals surface area contributed by atoms with Crippen LogP contribution in [0.25, 0.3) is 0 Å². The first-order chi connectivity index (χ1) is 9.20. The Morgan fingerprint density at radius 3 is 2.58 bits per heavy atom. The van der Waals surface area contributed by atoms with Crippen molar-refractivity contribution >= 4 is 11.6 Å². The zero-order valence-corrected chi connectivity index (χ0v) is 10.7. The van der Waals surface area contributed by atoms with E-state index in [2.05, 4.69) is 10.4 Å². The number of anilines is 1. The van der Waals surface area contributed by atoms with Crippen LogP contribution in [0, 0.1) is 0 Å². The van der Waals surface area contributed by atoms with Crippen molar-refractivity contribution in [3.05, 3.63) is 59.9 Å². The zero-order chi connectivity index (χ0) is 13.7. The van der Waals surface area contributed by atoms with Crippen molar-refractivity contribution in [1.82, 2.24) is 9.88 Å². The molecule has 1 heterocycles. The third kappa shape index (κ3) is 3.29. The Labute approximate surface area is 112 Å². The van der Waals surface area contributed by atoms with Gasteiger partial charge in [0.1, 0.15) is 5.69 Å². The zero-order valence-electron chi connectivity index (χ0n) is 10.7. The summed E-state index contributed by atoms with van der Waals surface area (Å²) in [5, 5.41) is 0. The lowest BCUT2D eigenvalue weighted by Crippen LogP contribution is -2.27. The van der Waals surface area contributed by atoms with Crippen LogP contribution in [-0.4, -0.2) is 22.8 Å². The third-order valence-electron chi connectivity index (χ3n) is 2.76. The number of hydrogen-bond donors (Lipinski definition) is 2. The van der Waals surface area contributed by atoms with Crippen molar-refractivity contribution in [3.8, 4) is 0 Å². The summed E-state index contributed by atoms with van der Waals surface area (Å²) < 4.78 is 0. The molecular weight excluding hydrogens is 240 g/mol. The predicted molar refractivity (Wildman–Crippen MR) is 74.3 cm³/mol. The van der Waals surface area contributed by atoms with E-state index in [4.69, 9.17) is 5.84 Å². The monoisotopic (exact) mass is 256 g/mol. The minimum atomic E-state index is -0.118. The van der Waals surface area contributed by atoms with Crippen molar-refractivity contribution in [3.63, 3.8) is 0 Å². The second kappa shape index (κ2) is 5.97. The van der Waals surface area contributed by atoms with E-state index in [1.165, 1.54) is 6.20 Å². The molecule has 0 bridgehead atoms. The first-order valence-corrected chi connectivity index (χ1v) is 5.93. The van der Waals surface area contributed by atoms with E-state index in [1.807, 2.05) is 30.3 Å². The van der Waals surface area contributed by atoms with Crippen LogP contribution in [0.15, 0.2) is 48.7 Å². The van der Waals surface area contributed by atoms with Gasteiger partial charge in [-0.05, 0) is 17.7 Å². The van der Waals surface area contributed by atoms with Crippen LogP contribution < -0.4 is 11.3 Å². The highest BCUT2D eigenvalue weighted by atomic mass is 16.2. The van der Waals surface area contributed by atoms with E-state index in [0.717, 1.165) is 5.56 Å². The number of amides is 1. The quantitative estimate of drug-likeness (QED) is 0.644. The summed E-state index contributed by atoms with van der Waals surface area (Å²) >= 11 is 0. The number of hydrazine groups is 1. The molecule has 0 aliphatic rings. The van der Waals surface area contributed by atoms with E-state index in [-0.39, 0.29) is 5.91 Å². The fourth-order valence-electron chi connectivity index (χ4n) is 1.73. The number of hydrogen-bond acceptors (Lipinski definition) is 4. The number of benzene rings is 1. The van der Waals surface area contributed by atoms with E-state index in [1.54, 1.807) is 24.1 Å². The molecule has 0 spiro atoms. The molecule has 2 aromatic rings. The summed E-state index contributed by atoms with van der Waals surface area (Å²) in [6, 6.07) is 13.2. The summed E-state index contributed by atoms with van der Waals surface area (Å²) in [5.74, 6) is 5.13. The summed E-state index contributed by atoms with van der Waals surface area (Å²) in [4.78, 5) is 17.9. The second-order valence-corrected chi connectivity index (χ2v) is 4.22. The smallest absolute Gasteiger partial charge is 0.272 e. The number of nitrogens with two attached hydrogens (primary N) is 1. The molecule has 1 amide bonds. The third-order valence-corrected chi connectivity index (χ3v) is 2.76. The Morgan fingerprint density at radius 1 is 1.26 bits per heavy atom. The van der Waals surface area contributed by atoms with Crippen molar-refractivity contribution in [2.45, 2.75) is 6.54 Å². The maximum atomic E-state index is 12.2. The van der Waals surface area contributed by atoms with Gasteiger partial charge >= 0.3 is 0 Å². The second-order valence-electron chi connectivity index (χ2n) is 4.22. The van der Waals surface area contributed by atoms with Crippen LogP contribution in [0.5, 0.6) is 0 Å². The van der Waals surface area contributed by atoms with Gasteiger partial charge in [-0.3, -0.25) is 10.6 Å². The number of nitrogens with zero attached hydrogens (tertiary/aromatic N) is 2. The lowest BCUT2D eigenvalue weighted by Gasteiger charge is -2.16. The number of carbonyl (C=O) groups excluding carboxylic acids is 1. The predicted octanol–water partition coefficient (Wildman–Crippen LogP) is 1.64. The topological polar surface area (TPSA) is 71.2 Å². The molecule has 1 aromatic heterocycles. The highest BCUT2D eigenvalue weighted by Crippen LogP contribution is 2.09. The van der Waals surface area contributed by atoms with Gasteiger partial charge in [0, 0.05) is 13.6 Å². The average Bonchev–Trinajstić information content (AvgIpc) is 2.47. The normalized spacial score (nSPS) is 10.0. The highest BCUT2D eigenvalue weighted by Gasteiger charge is 2.13. The number of carbonyl (C=O) groups is 1. The molecule has 0 aliphatic carbocycles. The highest BCUT2D eigenvalue weighted by molar-refractivity contribution is 5.92. The molecule has 0 saturated heterocycles. The van der Waals surface area contributed by atoms with Crippen LogP contribution in [0.3, 0.4) is 0 Å². The molecule has 0 saturated carbocycles. The largest absolute Gasteiger partial charge is 0.336 e. The van der Waals surface area contributed by atoms with Gasteiger partial charge in [0.2, 0.25) is 0 Å². The van der Waals surface area contributed by atoms with Crippen molar-refractivity contribution in [2.24, 2.45) is 5.84 Å². The minimum Gasteiger partial charge on any atom is -0.336 e. The lowest BCUT2D eigenvalue weighted by molar-refractivity contribution is 0.0779. The molecule has 3 N–H and O–H groups in total. The number of nitrogen functional groups attached to an aromatic ring is 1. The van der Waals surface area contributed by atoms with Crippen molar-refractivity contribution < 1.29 is 4.79 Å². The molecule has 0 atom stereocenters. The molecule has 5 heteroatoms. The van der Waals surface area contributed by atoms with Crippen molar-refractivity contribution in [2.75, 3.05) is 12.5 Å². The Balaban J connectivity index is 2.06. The van der Waals surface area contributed by atoms with Crippen LogP contribution >= 0.6 is 0 Å². The summed E-state index contributed by atoms with van der Waals surface area (Å²) in [5.41, 5.74) is 4.63. The fraction of sp³-hybridized carbons (Fsp3) is 0.143. The molecule has 0 fully saturated rings. The van der Waals surface area contributed by atoms with Crippen LogP contribution in [-0.2, 0) is 6.54 Å². The minimum absolute atomic E-state index is 0.118. The number of rotatable bonds is 4. The molecule has 5 nitrogen and oxygen atoms in total. The molecule has 2 rings (SSSR count). The van der Waals surface area contributed by atoms with Gasteiger partial charge in [-0.2, -0.15) is 0 Å². The van der Waals surface area contributed by atoms with Crippen LogP contribution in [0.4, 0.5) is 5.69 Å². The van der Waals surface area contributed by atoms with Gasteiger partial charge in [-0.25, -0.2) is 4.98 Å². The number of aromatic nitrogens is 1. The van der Waals surface area contributed by atoms with Crippen LogP contribution in [0.1, 0.15) is 16.1 Å². The Kier molecular flexibility index (Phi) is 4.10. The van der Waals surface area contributed by atoms with E-state index in [0.29, 0.717) is 17.9 Å². The maximum absolute atomic E-state index is 12.2. The van der Waals surface area contributed by atoms with Gasteiger partial charge < -0.3 is 10.3 Å². The van der Waals surface area contributed by atoms with E-state index in [9.17, 15) is 4.79 Å². The SMILES string of the molecule is CN(Cc1ccccc1)C(=O)c1ccc(NN)cn1.